The van der Waals surface area contributed by atoms with Crippen LogP contribution in [0.25, 0.3) is 17.5 Å². The van der Waals surface area contributed by atoms with Gasteiger partial charge in [0.1, 0.15) is 0 Å². The minimum absolute atomic E-state index is 0.695. The minimum Gasteiger partial charge on any atom is -0.298 e. The van der Waals surface area contributed by atoms with E-state index in [0.717, 1.165) is 22.3 Å². The van der Waals surface area contributed by atoms with Crippen molar-refractivity contribution in [3.8, 4) is 11.4 Å². The Kier molecular flexibility index (Phi) is 5.86. The monoisotopic (exact) mass is 347 g/mol. The van der Waals surface area contributed by atoms with Gasteiger partial charge in [-0.15, -0.1) is 16.8 Å². The van der Waals surface area contributed by atoms with Gasteiger partial charge in [-0.2, -0.15) is 0 Å². The number of aryl methyl sites for hydroxylation is 1. The van der Waals surface area contributed by atoms with Crippen LogP contribution >= 0.6 is 11.8 Å². The quantitative estimate of drug-likeness (QED) is 0.432. The highest BCUT2D eigenvalue weighted by Gasteiger charge is 2.12. The predicted molar refractivity (Wildman–Crippen MR) is 107 cm³/mol. The highest BCUT2D eigenvalue weighted by Crippen LogP contribution is 2.24. The maximum absolute atomic E-state index is 4.39. The summed E-state index contributed by atoms with van der Waals surface area (Å²) in [5, 5.41) is 9.67. The van der Waals surface area contributed by atoms with E-state index in [1.54, 1.807) is 11.8 Å². The summed E-state index contributed by atoms with van der Waals surface area (Å²) in [5.41, 5.74) is 3.52. The molecule has 0 saturated carbocycles. The van der Waals surface area contributed by atoms with Gasteiger partial charge in [-0.1, -0.05) is 90.2 Å². The standard InChI is InChI=1S/C21H21N3S/c1-3-15-24-20(19-13-11-17(2)12-14-19)22-23-21(24)25-16-7-10-18-8-5-4-6-9-18/h3-14H,1,15-16H2,2H3/b10-7+. The number of benzene rings is 2. The molecule has 0 fully saturated rings. The van der Waals surface area contributed by atoms with E-state index in [-0.39, 0.29) is 0 Å². The largest absolute Gasteiger partial charge is 0.298 e. The number of nitrogens with zero attached hydrogens (tertiary/aromatic N) is 3. The Hall–Kier alpha value is -2.59. The van der Waals surface area contributed by atoms with E-state index >= 15 is 0 Å². The van der Waals surface area contributed by atoms with E-state index in [4.69, 9.17) is 0 Å². The van der Waals surface area contributed by atoms with Crippen LogP contribution in [0.5, 0.6) is 0 Å². The first-order valence-corrected chi connectivity index (χ1v) is 9.22. The van der Waals surface area contributed by atoms with Crippen LogP contribution in [-0.4, -0.2) is 20.5 Å². The number of aromatic nitrogens is 3. The van der Waals surface area contributed by atoms with Crippen molar-refractivity contribution >= 4 is 17.8 Å². The number of hydrogen-bond acceptors (Lipinski definition) is 3. The molecule has 0 unspecified atom stereocenters. The van der Waals surface area contributed by atoms with Crippen molar-refractivity contribution in [3.05, 3.63) is 84.5 Å². The first kappa shape index (κ1) is 17.2. The number of hydrogen-bond donors (Lipinski definition) is 0. The van der Waals surface area contributed by atoms with Gasteiger partial charge < -0.3 is 0 Å². The fourth-order valence-corrected chi connectivity index (χ4v) is 3.23. The lowest BCUT2D eigenvalue weighted by Crippen LogP contribution is -2.00. The van der Waals surface area contributed by atoms with E-state index < -0.39 is 0 Å². The molecule has 3 nitrogen and oxygen atoms in total. The van der Waals surface area contributed by atoms with Crippen molar-refractivity contribution in [2.45, 2.75) is 18.6 Å². The van der Waals surface area contributed by atoms with Gasteiger partial charge in [0, 0.05) is 17.9 Å². The summed E-state index contributed by atoms with van der Waals surface area (Å²) in [5.74, 6) is 1.73. The molecule has 3 aromatic rings. The first-order chi connectivity index (χ1) is 12.3. The van der Waals surface area contributed by atoms with E-state index in [1.807, 2.05) is 24.3 Å². The SMILES string of the molecule is C=CCn1c(SC/C=C/c2ccccc2)nnc1-c1ccc(C)cc1. The maximum Gasteiger partial charge on any atom is 0.192 e. The molecular formula is C21H21N3S. The molecule has 2 aromatic carbocycles. The lowest BCUT2D eigenvalue weighted by molar-refractivity contribution is 0.732. The van der Waals surface area contributed by atoms with Crippen LogP contribution in [0.4, 0.5) is 0 Å². The summed E-state index contributed by atoms with van der Waals surface area (Å²) in [6, 6.07) is 18.7. The predicted octanol–water partition coefficient (Wildman–Crippen LogP) is 5.25. The average Bonchev–Trinajstić information content (AvgIpc) is 3.03. The lowest BCUT2D eigenvalue weighted by Gasteiger charge is -2.07. The van der Waals surface area contributed by atoms with Gasteiger partial charge in [0.25, 0.3) is 0 Å². The second kappa shape index (κ2) is 8.49. The molecule has 4 heteroatoms. The molecule has 126 valence electrons. The second-order valence-corrected chi connectivity index (χ2v) is 6.68. The lowest BCUT2D eigenvalue weighted by atomic mass is 10.1. The van der Waals surface area contributed by atoms with E-state index in [1.165, 1.54) is 11.1 Å². The fourth-order valence-electron chi connectivity index (χ4n) is 2.48. The van der Waals surface area contributed by atoms with Gasteiger partial charge in [0.2, 0.25) is 0 Å². The average molecular weight is 347 g/mol. The Balaban J connectivity index is 1.74. The highest BCUT2D eigenvalue weighted by molar-refractivity contribution is 7.99. The van der Waals surface area contributed by atoms with Crippen molar-refractivity contribution in [1.29, 1.82) is 0 Å². The Labute approximate surface area is 153 Å². The topological polar surface area (TPSA) is 30.7 Å². The molecule has 0 amide bonds. The molecule has 0 aliphatic rings. The van der Waals surface area contributed by atoms with Gasteiger partial charge in [-0.25, -0.2) is 0 Å². The van der Waals surface area contributed by atoms with E-state index in [2.05, 4.69) is 76.8 Å². The zero-order valence-electron chi connectivity index (χ0n) is 14.3. The van der Waals surface area contributed by atoms with Crippen molar-refractivity contribution < 1.29 is 0 Å². The fraction of sp³-hybridized carbons (Fsp3) is 0.143. The van der Waals surface area contributed by atoms with Crippen molar-refractivity contribution in [2.75, 3.05) is 5.75 Å². The van der Waals surface area contributed by atoms with Crippen LogP contribution in [0, 0.1) is 6.92 Å². The summed E-state index contributed by atoms with van der Waals surface area (Å²) in [7, 11) is 0. The summed E-state index contributed by atoms with van der Waals surface area (Å²) in [4.78, 5) is 0. The van der Waals surface area contributed by atoms with Gasteiger partial charge in [-0.3, -0.25) is 4.57 Å². The second-order valence-electron chi connectivity index (χ2n) is 5.70. The summed E-state index contributed by atoms with van der Waals surface area (Å²) < 4.78 is 2.11. The molecule has 0 N–H and O–H groups in total. The first-order valence-electron chi connectivity index (χ1n) is 8.23. The van der Waals surface area contributed by atoms with Crippen LogP contribution in [-0.2, 0) is 6.54 Å². The third-order valence-corrected chi connectivity index (χ3v) is 4.68. The van der Waals surface area contributed by atoms with Crippen molar-refractivity contribution in [2.24, 2.45) is 0 Å². The normalized spacial score (nSPS) is 11.1. The Bertz CT molecular complexity index is 849. The summed E-state index contributed by atoms with van der Waals surface area (Å²) >= 11 is 1.68. The van der Waals surface area contributed by atoms with Crippen LogP contribution in [0.3, 0.4) is 0 Å². The van der Waals surface area contributed by atoms with Gasteiger partial charge in [0.05, 0.1) is 0 Å². The van der Waals surface area contributed by atoms with Crippen LogP contribution in [0.15, 0.2) is 78.5 Å². The van der Waals surface area contributed by atoms with Crippen LogP contribution in [0.2, 0.25) is 0 Å². The van der Waals surface area contributed by atoms with Crippen LogP contribution in [0.1, 0.15) is 11.1 Å². The molecule has 0 atom stereocenters. The molecule has 0 spiro atoms. The van der Waals surface area contributed by atoms with E-state index in [0.29, 0.717) is 6.54 Å². The molecule has 0 aliphatic carbocycles. The molecule has 3 rings (SSSR count). The Morgan fingerprint density at radius 1 is 1.04 bits per heavy atom. The van der Waals surface area contributed by atoms with Crippen molar-refractivity contribution in [1.82, 2.24) is 14.8 Å². The van der Waals surface area contributed by atoms with Crippen molar-refractivity contribution in [3.63, 3.8) is 0 Å². The number of allylic oxidation sites excluding steroid dienone is 1. The van der Waals surface area contributed by atoms with Gasteiger partial charge >= 0.3 is 0 Å². The summed E-state index contributed by atoms with van der Waals surface area (Å²) in [6.45, 7) is 6.64. The molecule has 0 radical (unpaired) electrons. The smallest absolute Gasteiger partial charge is 0.192 e. The third-order valence-electron chi connectivity index (χ3n) is 3.76. The zero-order valence-corrected chi connectivity index (χ0v) is 15.1. The van der Waals surface area contributed by atoms with Gasteiger partial charge in [-0.05, 0) is 12.5 Å². The van der Waals surface area contributed by atoms with Gasteiger partial charge in [0.15, 0.2) is 11.0 Å². The Morgan fingerprint density at radius 2 is 1.80 bits per heavy atom. The Morgan fingerprint density at radius 3 is 2.52 bits per heavy atom. The zero-order chi connectivity index (χ0) is 17.5. The summed E-state index contributed by atoms with van der Waals surface area (Å²) in [6.07, 6.45) is 6.16. The molecule has 0 saturated heterocycles. The molecule has 0 aliphatic heterocycles. The third kappa shape index (κ3) is 4.48. The molecule has 25 heavy (non-hydrogen) atoms. The minimum atomic E-state index is 0.695. The number of rotatable bonds is 7. The van der Waals surface area contributed by atoms with E-state index in [9.17, 15) is 0 Å². The molecule has 1 aromatic heterocycles. The highest BCUT2D eigenvalue weighted by atomic mass is 32.2. The molecule has 0 bridgehead atoms. The van der Waals surface area contributed by atoms with Crippen LogP contribution < -0.4 is 0 Å². The molecule has 1 heterocycles. The number of thioether (sulfide) groups is 1. The maximum atomic E-state index is 4.39. The molecular weight excluding hydrogens is 326 g/mol.